The second-order valence-corrected chi connectivity index (χ2v) is 9.84. The lowest BCUT2D eigenvalue weighted by molar-refractivity contribution is 0.412. The maximum absolute atomic E-state index is 13.1. The van der Waals surface area contributed by atoms with Gasteiger partial charge in [-0.1, -0.05) is 39.3 Å². The number of hydrogen-bond donors (Lipinski definition) is 0. The molecule has 0 fully saturated rings. The van der Waals surface area contributed by atoms with E-state index in [1.807, 2.05) is 12.1 Å². The van der Waals surface area contributed by atoms with E-state index in [2.05, 4.69) is 32.9 Å². The summed E-state index contributed by atoms with van der Waals surface area (Å²) in [5, 5.41) is 0.501. The highest BCUT2D eigenvalue weighted by atomic mass is 16.5. The lowest BCUT2D eigenvalue weighted by Gasteiger charge is -2.28. The summed E-state index contributed by atoms with van der Waals surface area (Å²) in [6, 6.07) is 17.5. The minimum absolute atomic E-state index is 0.114. The third-order valence-corrected chi connectivity index (χ3v) is 7.56. The molecule has 0 bridgehead atoms. The molecule has 0 aliphatic rings. The average Bonchev–Trinajstić information content (AvgIpc) is 3.28. The summed E-state index contributed by atoms with van der Waals surface area (Å²) in [7, 11) is 1.37. The van der Waals surface area contributed by atoms with Crippen LogP contribution in [-0.4, -0.2) is 9.13 Å². The van der Waals surface area contributed by atoms with E-state index in [-0.39, 0.29) is 27.0 Å². The molecule has 0 N–H and O–H groups in total. The van der Waals surface area contributed by atoms with E-state index in [1.54, 1.807) is 24.3 Å². The Kier molecular flexibility index (Phi) is 5.94. The predicted molar refractivity (Wildman–Crippen MR) is 146 cm³/mol. The maximum Gasteiger partial charge on any atom is 0.266 e. The Labute approximate surface area is 212 Å². The molecule has 1 unspecified atom stereocenters. The first kappa shape index (κ1) is 24.4. The van der Waals surface area contributed by atoms with Gasteiger partial charge in [0, 0.05) is 7.05 Å². The molecular formula is C30H28N2O5. The largest absolute Gasteiger partial charge is 0.457 e. The Morgan fingerprint density at radius 2 is 1.16 bits per heavy atom. The summed E-state index contributed by atoms with van der Waals surface area (Å²) < 4.78 is 8.02. The quantitative estimate of drug-likeness (QED) is 0.326. The molecule has 0 saturated carbocycles. The first-order chi connectivity index (χ1) is 17.7. The van der Waals surface area contributed by atoms with Gasteiger partial charge in [0.2, 0.25) is 0 Å². The average molecular weight is 497 g/mol. The smallest absolute Gasteiger partial charge is 0.266 e. The third kappa shape index (κ3) is 3.91. The monoisotopic (exact) mass is 496 g/mol. The van der Waals surface area contributed by atoms with E-state index in [0.717, 1.165) is 28.4 Å². The molecule has 37 heavy (non-hydrogen) atoms. The van der Waals surface area contributed by atoms with Gasteiger partial charge in [-0.25, -0.2) is 4.57 Å². The zero-order chi connectivity index (χ0) is 26.5. The van der Waals surface area contributed by atoms with Gasteiger partial charge in [0.1, 0.15) is 11.5 Å². The lowest BCUT2D eigenvalue weighted by Crippen LogP contribution is -2.23. The van der Waals surface area contributed by atoms with Crippen LogP contribution >= 0.6 is 0 Å². The Balaban J connectivity index is 1.45. The van der Waals surface area contributed by atoms with Crippen LogP contribution in [0.5, 0.6) is 11.5 Å². The van der Waals surface area contributed by atoms with Gasteiger partial charge in [0.15, 0.2) is 0 Å². The first-order valence-electron chi connectivity index (χ1n) is 12.5. The van der Waals surface area contributed by atoms with Crippen molar-refractivity contribution in [3.8, 4) is 17.2 Å². The van der Waals surface area contributed by atoms with Crippen LogP contribution in [0.25, 0.3) is 27.2 Å². The fraction of sp³-hybridized carbons (Fsp3) is 0.267. The molecule has 188 valence electrons. The van der Waals surface area contributed by atoms with Crippen molar-refractivity contribution in [1.29, 1.82) is 0 Å². The van der Waals surface area contributed by atoms with Crippen molar-refractivity contribution in [1.82, 2.24) is 9.13 Å². The number of nitrogens with zero attached hydrogens (tertiary/aromatic N) is 2. The van der Waals surface area contributed by atoms with Crippen LogP contribution in [-0.2, 0) is 12.5 Å². The minimum Gasteiger partial charge on any atom is -0.457 e. The van der Waals surface area contributed by atoms with Crippen LogP contribution in [0.4, 0.5) is 0 Å². The molecule has 0 saturated heterocycles. The number of hydrogen-bond acceptors (Lipinski definition) is 5. The van der Waals surface area contributed by atoms with Crippen LogP contribution in [0, 0.1) is 0 Å². The van der Waals surface area contributed by atoms with Crippen molar-refractivity contribution >= 4 is 21.5 Å². The van der Waals surface area contributed by atoms with E-state index in [4.69, 9.17) is 4.74 Å². The number of fused-ring (bicyclic) bond motifs is 2. The van der Waals surface area contributed by atoms with E-state index < -0.39 is 22.2 Å². The Morgan fingerprint density at radius 1 is 0.703 bits per heavy atom. The van der Waals surface area contributed by atoms with Gasteiger partial charge in [0.05, 0.1) is 27.2 Å². The maximum atomic E-state index is 13.1. The molecule has 7 nitrogen and oxygen atoms in total. The van der Waals surface area contributed by atoms with Crippen molar-refractivity contribution in [3.63, 3.8) is 0 Å². The Hall–Kier alpha value is -4.26. The second-order valence-electron chi connectivity index (χ2n) is 9.84. The molecule has 0 radical (unpaired) electrons. The van der Waals surface area contributed by atoms with Crippen molar-refractivity contribution in [3.05, 3.63) is 108 Å². The number of benzene rings is 3. The van der Waals surface area contributed by atoms with Gasteiger partial charge >= 0.3 is 0 Å². The summed E-state index contributed by atoms with van der Waals surface area (Å²) in [5.41, 5.74) is -0.242. The topological polar surface area (TPSA) is 87.4 Å². The summed E-state index contributed by atoms with van der Waals surface area (Å²) >= 11 is 0. The molecule has 1 atom stereocenters. The SMILES string of the molecule is CCCC(C)(CC)c1ccc(Oc2ccc(-n3c(=O)c4cc5c(=O)n(C)c(=O)c5cc4c3=O)cc2)cc1. The van der Waals surface area contributed by atoms with Crippen LogP contribution < -0.4 is 27.0 Å². The van der Waals surface area contributed by atoms with Crippen LogP contribution in [0.3, 0.4) is 0 Å². The van der Waals surface area contributed by atoms with Gasteiger partial charge in [-0.15, -0.1) is 0 Å². The normalized spacial score (nSPS) is 13.3. The number of aromatic nitrogens is 2. The predicted octanol–water partition coefficient (Wildman–Crippen LogP) is 4.70. The van der Waals surface area contributed by atoms with E-state index >= 15 is 0 Å². The fourth-order valence-corrected chi connectivity index (χ4v) is 5.13. The lowest BCUT2D eigenvalue weighted by atomic mass is 9.76. The zero-order valence-corrected chi connectivity index (χ0v) is 21.3. The van der Waals surface area contributed by atoms with Crippen molar-refractivity contribution in [2.45, 2.75) is 45.4 Å². The van der Waals surface area contributed by atoms with Gasteiger partial charge < -0.3 is 4.74 Å². The number of rotatable bonds is 7. The second kappa shape index (κ2) is 9.00. The summed E-state index contributed by atoms with van der Waals surface area (Å²) in [5.74, 6) is 1.26. The van der Waals surface area contributed by atoms with Gasteiger partial charge in [-0.2, -0.15) is 0 Å². The van der Waals surface area contributed by atoms with E-state index in [1.165, 1.54) is 24.7 Å². The molecule has 0 aliphatic heterocycles. The standard InChI is InChI=1S/C30H28N2O5/c1-5-15-30(3,6-2)18-7-11-20(12-8-18)37-21-13-9-19(10-14-21)32-28(35)24-16-22-23(17-25(24)29(32)36)27(34)31(4)26(22)33/h7-14,16-17H,5-6,15H2,1-4H3. The van der Waals surface area contributed by atoms with Crippen molar-refractivity contribution < 1.29 is 4.74 Å². The molecular weight excluding hydrogens is 468 g/mol. The zero-order valence-electron chi connectivity index (χ0n) is 21.3. The molecule has 0 aliphatic carbocycles. The molecule has 3 aromatic carbocycles. The van der Waals surface area contributed by atoms with Crippen molar-refractivity contribution in [2.24, 2.45) is 7.05 Å². The van der Waals surface area contributed by atoms with E-state index in [0.29, 0.717) is 17.2 Å². The molecule has 2 aromatic heterocycles. The van der Waals surface area contributed by atoms with Gasteiger partial charge in [-0.05, 0) is 72.4 Å². The highest BCUT2D eigenvalue weighted by Gasteiger charge is 2.23. The van der Waals surface area contributed by atoms with Crippen LogP contribution in [0.1, 0.15) is 45.6 Å². The third-order valence-electron chi connectivity index (χ3n) is 7.56. The summed E-state index contributed by atoms with van der Waals surface area (Å²) in [6.07, 6.45) is 3.31. The fourth-order valence-electron chi connectivity index (χ4n) is 5.13. The van der Waals surface area contributed by atoms with E-state index in [9.17, 15) is 19.2 Å². The summed E-state index contributed by atoms with van der Waals surface area (Å²) in [4.78, 5) is 50.9. The Bertz CT molecular complexity index is 1760. The molecule has 5 aromatic rings. The Morgan fingerprint density at radius 3 is 1.62 bits per heavy atom. The highest BCUT2D eigenvalue weighted by Crippen LogP contribution is 2.34. The molecule has 0 amide bonds. The van der Waals surface area contributed by atoms with Crippen LogP contribution in [0.2, 0.25) is 0 Å². The molecule has 0 spiro atoms. The number of ether oxygens (including phenoxy) is 1. The highest BCUT2D eigenvalue weighted by molar-refractivity contribution is 5.98. The van der Waals surface area contributed by atoms with Crippen LogP contribution in [0.15, 0.2) is 79.8 Å². The molecule has 7 heteroatoms. The first-order valence-corrected chi connectivity index (χ1v) is 12.5. The minimum atomic E-state index is -0.534. The van der Waals surface area contributed by atoms with Gasteiger partial charge in [-0.3, -0.25) is 23.7 Å². The summed E-state index contributed by atoms with van der Waals surface area (Å²) in [6.45, 7) is 6.69. The molecule has 5 rings (SSSR count). The van der Waals surface area contributed by atoms with Gasteiger partial charge in [0.25, 0.3) is 22.2 Å². The van der Waals surface area contributed by atoms with Crippen molar-refractivity contribution in [2.75, 3.05) is 0 Å². The molecule has 2 heterocycles.